The molecule has 0 spiro atoms. The molecule has 3 aromatic rings. The van der Waals surface area contributed by atoms with E-state index in [2.05, 4.69) is 4.98 Å². The summed E-state index contributed by atoms with van der Waals surface area (Å²) in [5, 5.41) is 11.4. The van der Waals surface area contributed by atoms with Crippen LogP contribution in [-0.2, 0) is 9.59 Å². The zero-order chi connectivity index (χ0) is 24.2. The highest BCUT2D eigenvalue weighted by atomic mass is 16.5. The fourth-order valence-corrected chi connectivity index (χ4v) is 4.04. The van der Waals surface area contributed by atoms with E-state index in [9.17, 15) is 14.7 Å². The Morgan fingerprint density at radius 3 is 2.24 bits per heavy atom. The number of hydrogen-bond donors (Lipinski definition) is 1. The Kier molecular flexibility index (Phi) is 6.49. The van der Waals surface area contributed by atoms with Crippen molar-refractivity contribution in [1.82, 2.24) is 4.98 Å². The summed E-state index contributed by atoms with van der Waals surface area (Å²) in [4.78, 5) is 32.1. The highest BCUT2D eigenvalue weighted by Crippen LogP contribution is 2.45. The molecule has 1 amide bonds. The van der Waals surface area contributed by atoms with Crippen LogP contribution in [0.3, 0.4) is 0 Å². The second kappa shape index (κ2) is 9.66. The summed E-state index contributed by atoms with van der Waals surface area (Å²) in [6, 6.07) is 14.4. The third kappa shape index (κ3) is 3.94. The molecule has 1 aliphatic rings. The van der Waals surface area contributed by atoms with Crippen LogP contribution < -0.4 is 19.1 Å². The van der Waals surface area contributed by atoms with Crippen molar-refractivity contribution in [3.63, 3.8) is 0 Å². The maximum atomic E-state index is 13.3. The van der Waals surface area contributed by atoms with E-state index in [1.54, 1.807) is 67.0 Å². The van der Waals surface area contributed by atoms with Crippen LogP contribution in [0.2, 0.25) is 0 Å². The smallest absolute Gasteiger partial charge is 0.300 e. The number of benzene rings is 2. The van der Waals surface area contributed by atoms with Gasteiger partial charge in [-0.15, -0.1) is 0 Å². The molecule has 1 aliphatic heterocycles. The van der Waals surface area contributed by atoms with Gasteiger partial charge in [-0.2, -0.15) is 0 Å². The first-order chi connectivity index (χ1) is 16.5. The minimum absolute atomic E-state index is 0.0883. The van der Waals surface area contributed by atoms with Gasteiger partial charge in [0, 0.05) is 18.1 Å². The number of pyridine rings is 1. The Morgan fingerprint density at radius 2 is 1.68 bits per heavy atom. The van der Waals surface area contributed by atoms with Crippen molar-refractivity contribution in [2.24, 2.45) is 0 Å². The van der Waals surface area contributed by atoms with Gasteiger partial charge in [-0.1, -0.05) is 12.1 Å². The van der Waals surface area contributed by atoms with Crippen LogP contribution >= 0.6 is 0 Å². The lowest BCUT2D eigenvalue weighted by molar-refractivity contribution is -0.132. The van der Waals surface area contributed by atoms with Gasteiger partial charge < -0.3 is 19.3 Å². The predicted molar refractivity (Wildman–Crippen MR) is 126 cm³/mol. The molecule has 2 heterocycles. The van der Waals surface area contributed by atoms with Crippen LogP contribution in [-0.4, -0.2) is 42.6 Å². The number of Topliss-reactive ketones (excluding diaryl/α,β-unsaturated/α-hetero) is 1. The topological polar surface area (TPSA) is 98.2 Å². The largest absolute Gasteiger partial charge is 0.506 e. The number of amides is 1. The standard InChI is InChI=1S/C26H24N2O6/c1-4-34-18-12-10-17(11-13-18)28-23(16-7-6-14-27-15-16)22(25(30)26(28)31)24(29)21-19(32-2)8-5-9-20(21)33-3/h5-15,23,29H,4H2,1-3H3/b24-22+. The SMILES string of the molecule is CCOc1ccc(N2C(=O)C(=O)/C(=C(/O)c3c(OC)cccc3OC)C2c2cccnc2)cc1. The molecule has 1 saturated heterocycles. The van der Waals surface area contributed by atoms with Crippen LogP contribution in [0, 0.1) is 0 Å². The Balaban J connectivity index is 1.94. The number of carbonyl (C=O) groups is 2. The number of ether oxygens (including phenoxy) is 3. The molecule has 2 aromatic carbocycles. The summed E-state index contributed by atoms with van der Waals surface area (Å²) in [6.07, 6.45) is 3.15. The van der Waals surface area contributed by atoms with Crippen LogP contribution in [0.25, 0.3) is 5.76 Å². The fraction of sp³-hybridized carbons (Fsp3) is 0.192. The van der Waals surface area contributed by atoms with Crippen LogP contribution in [0.15, 0.2) is 72.6 Å². The number of ketones is 1. The highest BCUT2D eigenvalue weighted by molar-refractivity contribution is 6.51. The molecule has 0 radical (unpaired) electrons. The average molecular weight is 460 g/mol. The van der Waals surface area contributed by atoms with Gasteiger partial charge in [0.05, 0.1) is 32.4 Å². The number of nitrogens with zero attached hydrogens (tertiary/aromatic N) is 2. The van der Waals surface area contributed by atoms with Crippen molar-refractivity contribution in [1.29, 1.82) is 0 Å². The zero-order valence-corrected chi connectivity index (χ0v) is 19.0. The molecule has 1 fully saturated rings. The molecular formula is C26H24N2O6. The Labute approximate surface area is 197 Å². The maximum absolute atomic E-state index is 13.3. The van der Waals surface area contributed by atoms with Gasteiger partial charge >= 0.3 is 0 Å². The fourth-order valence-electron chi connectivity index (χ4n) is 4.04. The normalized spacial score (nSPS) is 17.0. The molecule has 0 bridgehead atoms. The summed E-state index contributed by atoms with van der Waals surface area (Å²) < 4.78 is 16.3. The number of anilines is 1. The third-order valence-electron chi connectivity index (χ3n) is 5.54. The van der Waals surface area contributed by atoms with Crippen LogP contribution in [0.1, 0.15) is 24.1 Å². The number of aliphatic hydroxyl groups excluding tert-OH is 1. The van der Waals surface area contributed by atoms with E-state index in [1.807, 2.05) is 6.92 Å². The Morgan fingerprint density at radius 1 is 1.00 bits per heavy atom. The number of rotatable bonds is 7. The van der Waals surface area contributed by atoms with Gasteiger partial charge in [0.15, 0.2) is 0 Å². The summed E-state index contributed by atoms with van der Waals surface area (Å²) in [5.41, 5.74) is 1.14. The van der Waals surface area contributed by atoms with Crippen LogP contribution in [0.5, 0.6) is 17.2 Å². The zero-order valence-electron chi connectivity index (χ0n) is 19.0. The van der Waals surface area contributed by atoms with Crippen molar-refractivity contribution >= 4 is 23.1 Å². The van der Waals surface area contributed by atoms with Crippen molar-refractivity contribution in [3.05, 3.63) is 83.7 Å². The lowest BCUT2D eigenvalue weighted by atomic mass is 9.95. The minimum atomic E-state index is -0.915. The Bertz CT molecular complexity index is 1220. The Hall–Kier alpha value is -4.33. The molecule has 1 N–H and O–H groups in total. The maximum Gasteiger partial charge on any atom is 0.300 e. The second-order valence-electron chi connectivity index (χ2n) is 7.42. The molecule has 0 saturated carbocycles. The summed E-state index contributed by atoms with van der Waals surface area (Å²) >= 11 is 0. The number of methoxy groups -OCH3 is 2. The highest BCUT2D eigenvalue weighted by Gasteiger charge is 2.47. The molecule has 1 atom stereocenters. The number of hydrogen-bond acceptors (Lipinski definition) is 7. The predicted octanol–water partition coefficient (Wildman–Crippen LogP) is 4.12. The molecule has 4 rings (SSSR count). The van der Waals surface area contributed by atoms with E-state index in [0.717, 1.165) is 0 Å². The second-order valence-corrected chi connectivity index (χ2v) is 7.42. The van der Waals surface area contributed by atoms with Gasteiger partial charge in [-0.3, -0.25) is 19.5 Å². The van der Waals surface area contributed by atoms with Crippen molar-refractivity contribution in [2.75, 3.05) is 25.7 Å². The lowest BCUT2D eigenvalue weighted by Crippen LogP contribution is -2.29. The van der Waals surface area contributed by atoms with Gasteiger partial charge in [-0.25, -0.2) is 0 Å². The molecule has 0 aliphatic carbocycles. The van der Waals surface area contributed by atoms with Crippen molar-refractivity contribution in [3.8, 4) is 17.2 Å². The number of carbonyl (C=O) groups excluding carboxylic acids is 2. The summed E-state index contributed by atoms with van der Waals surface area (Å²) in [7, 11) is 2.89. The van der Waals surface area contributed by atoms with E-state index in [0.29, 0.717) is 35.1 Å². The number of aliphatic hydroxyl groups is 1. The van der Waals surface area contributed by atoms with Gasteiger partial charge in [-0.05, 0) is 55.0 Å². The van der Waals surface area contributed by atoms with Crippen LogP contribution in [0.4, 0.5) is 5.69 Å². The minimum Gasteiger partial charge on any atom is -0.506 e. The van der Waals surface area contributed by atoms with Gasteiger partial charge in [0.2, 0.25) is 0 Å². The molecule has 1 aromatic heterocycles. The van der Waals surface area contributed by atoms with Gasteiger partial charge in [0.1, 0.15) is 28.6 Å². The monoisotopic (exact) mass is 460 g/mol. The molecule has 8 heteroatoms. The number of aromatic nitrogens is 1. The third-order valence-corrected chi connectivity index (χ3v) is 5.54. The lowest BCUT2D eigenvalue weighted by Gasteiger charge is -2.25. The quantitative estimate of drug-likeness (QED) is 0.322. The average Bonchev–Trinajstić information content (AvgIpc) is 3.14. The molecular weight excluding hydrogens is 436 g/mol. The molecule has 1 unspecified atom stereocenters. The first-order valence-electron chi connectivity index (χ1n) is 10.7. The summed E-state index contributed by atoms with van der Waals surface area (Å²) in [6.45, 7) is 2.38. The molecule has 34 heavy (non-hydrogen) atoms. The molecule has 8 nitrogen and oxygen atoms in total. The first kappa shape index (κ1) is 22.8. The van der Waals surface area contributed by atoms with E-state index >= 15 is 0 Å². The van der Waals surface area contributed by atoms with E-state index in [-0.39, 0.29) is 11.1 Å². The van der Waals surface area contributed by atoms with Gasteiger partial charge in [0.25, 0.3) is 11.7 Å². The summed E-state index contributed by atoms with van der Waals surface area (Å²) in [5.74, 6) is -0.751. The van der Waals surface area contributed by atoms with E-state index in [1.165, 1.54) is 19.1 Å². The van der Waals surface area contributed by atoms with Crippen molar-refractivity contribution < 1.29 is 28.9 Å². The van der Waals surface area contributed by atoms with E-state index in [4.69, 9.17) is 14.2 Å². The van der Waals surface area contributed by atoms with Crippen molar-refractivity contribution in [2.45, 2.75) is 13.0 Å². The first-order valence-corrected chi connectivity index (χ1v) is 10.7. The molecule has 174 valence electrons. The van der Waals surface area contributed by atoms with E-state index < -0.39 is 23.5 Å².